The largest absolute Gasteiger partial charge is 0.466 e. The summed E-state index contributed by atoms with van der Waals surface area (Å²) in [7, 11) is 0. The molecule has 1 fully saturated rings. The standard InChI is InChI=1S/C20H24N6O4/c1-2-30-18(28)10-17(27)24-25-19(29)14-11-21-20(22-12-14)23-15-8-9-26(13-15)16-6-4-3-5-7-16/h3-7,11-12,15H,2,8-10,13H2,1H3,(H,24,27)(H,25,29)(H,21,22,23). The van der Waals surface area contributed by atoms with Crippen molar-refractivity contribution in [2.24, 2.45) is 0 Å². The van der Waals surface area contributed by atoms with Crippen molar-refractivity contribution in [3.05, 3.63) is 48.3 Å². The van der Waals surface area contributed by atoms with Crippen LogP contribution in [0, 0.1) is 0 Å². The van der Waals surface area contributed by atoms with Gasteiger partial charge in [-0.2, -0.15) is 0 Å². The summed E-state index contributed by atoms with van der Waals surface area (Å²) in [5, 5.41) is 3.27. The van der Waals surface area contributed by atoms with Gasteiger partial charge in [0.15, 0.2) is 0 Å². The molecule has 0 bridgehead atoms. The number of para-hydroxylation sites is 1. The Morgan fingerprint density at radius 1 is 1.13 bits per heavy atom. The average molecular weight is 412 g/mol. The second-order valence-corrected chi connectivity index (χ2v) is 6.69. The Morgan fingerprint density at radius 3 is 2.57 bits per heavy atom. The van der Waals surface area contributed by atoms with Gasteiger partial charge in [-0.05, 0) is 25.5 Å². The van der Waals surface area contributed by atoms with Gasteiger partial charge in [0.2, 0.25) is 11.9 Å². The van der Waals surface area contributed by atoms with Crippen LogP contribution in [0.25, 0.3) is 0 Å². The molecule has 1 aromatic heterocycles. The molecule has 30 heavy (non-hydrogen) atoms. The maximum absolute atomic E-state index is 12.1. The zero-order chi connectivity index (χ0) is 21.3. The Labute approximate surface area is 174 Å². The van der Waals surface area contributed by atoms with Crippen LogP contribution >= 0.6 is 0 Å². The van der Waals surface area contributed by atoms with Crippen molar-refractivity contribution >= 4 is 29.4 Å². The quantitative estimate of drug-likeness (QED) is 0.348. The number of aromatic nitrogens is 2. The smallest absolute Gasteiger partial charge is 0.315 e. The number of hydrogen-bond acceptors (Lipinski definition) is 8. The van der Waals surface area contributed by atoms with Gasteiger partial charge in [-0.25, -0.2) is 9.97 Å². The number of rotatable bonds is 7. The second-order valence-electron chi connectivity index (χ2n) is 6.69. The number of nitrogens with zero attached hydrogens (tertiary/aromatic N) is 3. The third-order valence-electron chi connectivity index (χ3n) is 4.48. The van der Waals surface area contributed by atoms with E-state index in [2.05, 4.69) is 47.9 Å². The van der Waals surface area contributed by atoms with Crippen molar-refractivity contribution in [1.82, 2.24) is 20.8 Å². The molecule has 158 valence electrons. The summed E-state index contributed by atoms with van der Waals surface area (Å²) in [6, 6.07) is 10.4. The molecule has 0 spiro atoms. The Bertz CT molecular complexity index is 875. The van der Waals surface area contributed by atoms with Gasteiger partial charge in [0.05, 0.1) is 12.2 Å². The molecule has 10 nitrogen and oxygen atoms in total. The summed E-state index contributed by atoms with van der Waals surface area (Å²) >= 11 is 0. The van der Waals surface area contributed by atoms with Crippen LogP contribution in [0.4, 0.5) is 11.6 Å². The Kier molecular flexibility index (Phi) is 7.14. The molecule has 3 N–H and O–H groups in total. The fourth-order valence-electron chi connectivity index (χ4n) is 3.04. The molecule has 1 unspecified atom stereocenters. The van der Waals surface area contributed by atoms with Crippen LogP contribution in [0.2, 0.25) is 0 Å². The van der Waals surface area contributed by atoms with Gasteiger partial charge in [0.1, 0.15) is 6.42 Å². The number of anilines is 2. The molecule has 1 aromatic carbocycles. The molecule has 1 aliphatic rings. The summed E-state index contributed by atoms with van der Waals surface area (Å²) in [6.07, 6.45) is 3.21. The number of hydrogen-bond donors (Lipinski definition) is 3. The van der Waals surface area contributed by atoms with Gasteiger partial charge in [-0.3, -0.25) is 25.2 Å². The van der Waals surface area contributed by atoms with Gasteiger partial charge >= 0.3 is 5.97 Å². The van der Waals surface area contributed by atoms with Crippen molar-refractivity contribution in [2.75, 3.05) is 29.9 Å². The Balaban J connectivity index is 1.45. The second kappa shape index (κ2) is 10.2. The molecule has 1 saturated heterocycles. The predicted octanol–water partition coefficient (Wildman–Crippen LogP) is 0.882. The highest BCUT2D eigenvalue weighted by Gasteiger charge is 2.23. The van der Waals surface area contributed by atoms with Crippen LogP contribution < -0.4 is 21.1 Å². The molecule has 2 aromatic rings. The summed E-state index contributed by atoms with van der Waals surface area (Å²) in [5.74, 6) is -1.50. The monoisotopic (exact) mass is 412 g/mol. The molecular weight excluding hydrogens is 388 g/mol. The first-order chi connectivity index (χ1) is 14.5. The van der Waals surface area contributed by atoms with E-state index in [0.29, 0.717) is 5.95 Å². The van der Waals surface area contributed by atoms with E-state index in [1.54, 1.807) is 6.92 Å². The number of hydrazine groups is 1. The van der Waals surface area contributed by atoms with E-state index in [4.69, 9.17) is 0 Å². The fourth-order valence-corrected chi connectivity index (χ4v) is 3.04. The number of benzene rings is 1. The highest BCUT2D eigenvalue weighted by Crippen LogP contribution is 2.21. The van der Waals surface area contributed by atoms with Crippen molar-refractivity contribution in [3.8, 4) is 0 Å². The third-order valence-corrected chi connectivity index (χ3v) is 4.48. The van der Waals surface area contributed by atoms with Crippen LogP contribution in [0.3, 0.4) is 0 Å². The maximum Gasteiger partial charge on any atom is 0.315 e. The molecule has 1 aliphatic heterocycles. The van der Waals surface area contributed by atoms with Crippen LogP contribution in [0.1, 0.15) is 30.1 Å². The summed E-state index contributed by atoms with van der Waals surface area (Å²) in [5.41, 5.74) is 5.71. The van der Waals surface area contributed by atoms with E-state index in [-0.39, 0.29) is 18.2 Å². The van der Waals surface area contributed by atoms with Gasteiger partial charge in [0, 0.05) is 37.2 Å². The lowest BCUT2D eigenvalue weighted by atomic mass is 10.2. The number of ether oxygens (including phenoxy) is 1. The molecule has 10 heteroatoms. The van der Waals surface area contributed by atoms with Crippen molar-refractivity contribution in [2.45, 2.75) is 25.8 Å². The molecule has 2 heterocycles. The summed E-state index contributed by atoms with van der Waals surface area (Å²) in [4.78, 5) is 45.5. The van der Waals surface area contributed by atoms with Crippen molar-refractivity contribution in [3.63, 3.8) is 0 Å². The minimum absolute atomic E-state index is 0.175. The molecule has 0 radical (unpaired) electrons. The number of carbonyl (C=O) groups excluding carboxylic acids is 3. The van der Waals surface area contributed by atoms with Gasteiger partial charge in [0.25, 0.3) is 5.91 Å². The first kappa shape index (κ1) is 21.0. The predicted molar refractivity (Wildman–Crippen MR) is 110 cm³/mol. The van der Waals surface area contributed by atoms with E-state index >= 15 is 0 Å². The molecule has 0 saturated carbocycles. The van der Waals surface area contributed by atoms with Crippen molar-refractivity contribution < 1.29 is 19.1 Å². The molecular formula is C20H24N6O4. The lowest BCUT2D eigenvalue weighted by Gasteiger charge is -2.18. The zero-order valence-electron chi connectivity index (χ0n) is 16.6. The van der Waals surface area contributed by atoms with E-state index in [1.165, 1.54) is 18.1 Å². The topological polar surface area (TPSA) is 126 Å². The minimum Gasteiger partial charge on any atom is -0.466 e. The van der Waals surface area contributed by atoms with Gasteiger partial charge in [-0.1, -0.05) is 18.2 Å². The molecule has 2 amide bonds. The number of nitrogens with one attached hydrogen (secondary N) is 3. The number of esters is 1. The van der Waals surface area contributed by atoms with Gasteiger partial charge < -0.3 is 15.0 Å². The van der Waals surface area contributed by atoms with Crippen molar-refractivity contribution in [1.29, 1.82) is 0 Å². The number of carbonyl (C=O) groups is 3. The lowest BCUT2D eigenvalue weighted by molar-refractivity contribution is -0.146. The SMILES string of the molecule is CCOC(=O)CC(=O)NNC(=O)c1cnc(NC2CCN(c3ccccc3)C2)nc1. The first-order valence-corrected chi connectivity index (χ1v) is 9.68. The highest BCUT2D eigenvalue weighted by atomic mass is 16.5. The normalized spacial score (nSPS) is 15.4. The zero-order valence-corrected chi connectivity index (χ0v) is 16.6. The molecule has 1 atom stereocenters. The highest BCUT2D eigenvalue weighted by molar-refractivity contribution is 5.98. The van der Waals surface area contributed by atoms with Gasteiger partial charge in [-0.15, -0.1) is 0 Å². The fraction of sp³-hybridized carbons (Fsp3) is 0.350. The maximum atomic E-state index is 12.1. The lowest BCUT2D eigenvalue weighted by Crippen LogP contribution is -2.42. The molecule has 0 aliphatic carbocycles. The van der Waals surface area contributed by atoms with Crippen LogP contribution in [-0.4, -0.2) is 53.5 Å². The number of amides is 2. The van der Waals surface area contributed by atoms with E-state index in [1.807, 2.05) is 18.2 Å². The van der Waals surface area contributed by atoms with E-state index in [0.717, 1.165) is 19.5 Å². The third kappa shape index (κ3) is 5.90. The Morgan fingerprint density at radius 2 is 1.87 bits per heavy atom. The average Bonchev–Trinajstić information content (AvgIpc) is 3.22. The molecule has 3 rings (SSSR count). The van der Waals surface area contributed by atoms with Crippen LogP contribution in [0.15, 0.2) is 42.7 Å². The van der Waals surface area contributed by atoms with Crippen LogP contribution in [-0.2, 0) is 14.3 Å². The summed E-state index contributed by atoms with van der Waals surface area (Å²) in [6.45, 7) is 3.60. The first-order valence-electron chi connectivity index (χ1n) is 9.68. The minimum atomic E-state index is -0.676. The van der Waals surface area contributed by atoms with Crippen LogP contribution in [0.5, 0.6) is 0 Å². The Hall–Kier alpha value is -3.69. The van der Waals surface area contributed by atoms with E-state index in [9.17, 15) is 14.4 Å². The van der Waals surface area contributed by atoms with E-state index < -0.39 is 24.2 Å². The summed E-state index contributed by atoms with van der Waals surface area (Å²) < 4.78 is 4.66.